The Labute approximate surface area is 241 Å². The number of carbonyl (C=O) groups excluding carboxylic acids is 3. The summed E-state index contributed by atoms with van der Waals surface area (Å²) in [6, 6.07) is 9.23. The first kappa shape index (κ1) is 28.1. The normalized spacial score (nSPS) is 19.2. The van der Waals surface area contributed by atoms with E-state index in [9.17, 15) is 19.5 Å². The van der Waals surface area contributed by atoms with Crippen LogP contribution < -0.4 is 19.1 Å². The first-order valence-electron chi connectivity index (χ1n) is 13.2. The molecule has 212 valence electrons. The predicted molar refractivity (Wildman–Crippen MR) is 155 cm³/mol. The van der Waals surface area contributed by atoms with E-state index in [1.165, 1.54) is 11.8 Å². The number of anilines is 1. The number of aliphatic hydroxyl groups is 1. The van der Waals surface area contributed by atoms with Crippen LogP contribution in [0.25, 0.3) is 5.76 Å². The number of nitrogens with zero attached hydrogens (tertiary/aromatic N) is 2. The highest BCUT2D eigenvalue weighted by atomic mass is 32.1. The molecule has 41 heavy (non-hydrogen) atoms. The number of ketones is 2. The van der Waals surface area contributed by atoms with Gasteiger partial charge in [-0.25, -0.2) is 4.98 Å². The molecule has 1 N–H and O–H groups in total. The van der Waals surface area contributed by atoms with Crippen LogP contribution in [0.4, 0.5) is 5.13 Å². The fraction of sp³-hybridized carbons (Fsp3) is 0.290. The van der Waals surface area contributed by atoms with Crippen molar-refractivity contribution in [1.29, 1.82) is 0 Å². The van der Waals surface area contributed by atoms with Crippen molar-refractivity contribution in [2.45, 2.75) is 46.3 Å². The first-order valence-corrected chi connectivity index (χ1v) is 14.1. The van der Waals surface area contributed by atoms with Crippen LogP contribution >= 0.6 is 11.3 Å². The van der Waals surface area contributed by atoms with Gasteiger partial charge in [0.1, 0.15) is 24.2 Å². The number of benzene rings is 2. The number of hydrogen-bond acceptors (Lipinski definition) is 9. The Kier molecular flexibility index (Phi) is 7.68. The number of ether oxygens (including phenoxy) is 3. The number of Topliss-reactive ketones (excluding diaryl/α,β-unsaturated/α-hetero) is 2. The van der Waals surface area contributed by atoms with Crippen LogP contribution in [0.3, 0.4) is 0 Å². The largest absolute Gasteiger partial charge is 0.507 e. The van der Waals surface area contributed by atoms with Gasteiger partial charge in [0.25, 0.3) is 5.78 Å². The number of aromatic nitrogens is 1. The lowest BCUT2D eigenvalue weighted by molar-refractivity contribution is -0.132. The van der Waals surface area contributed by atoms with E-state index >= 15 is 0 Å². The Balaban J connectivity index is 1.70. The Morgan fingerprint density at radius 2 is 2.00 bits per heavy atom. The molecule has 1 aromatic heterocycles. The third-order valence-electron chi connectivity index (χ3n) is 6.87. The van der Waals surface area contributed by atoms with Crippen LogP contribution in [0.15, 0.2) is 54.6 Å². The monoisotopic (exact) mass is 574 g/mol. The first-order chi connectivity index (χ1) is 19.6. The van der Waals surface area contributed by atoms with E-state index in [-0.39, 0.29) is 35.0 Å². The molecule has 0 bridgehead atoms. The molecule has 1 amide bonds. The molecule has 0 radical (unpaired) electrons. The van der Waals surface area contributed by atoms with Crippen molar-refractivity contribution >= 4 is 39.7 Å². The second-order valence-corrected chi connectivity index (χ2v) is 10.8. The summed E-state index contributed by atoms with van der Waals surface area (Å²) in [6.07, 6.45) is 2.26. The van der Waals surface area contributed by atoms with Gasteiger partial charge in [0.05, 0.1) is 28.8 Å². The number of carbonyl (C=O) groups is 3. The fourth-order valence-electron chi connectivity index (χ4n) is 5.11. The molecule has 5 rings (SSSR count). The highest BCUT2D eigenvalue weighted by molar-refractivity contribution is 7.18. The van der Waals surface area contributed by atoms with Crippen molar-refractivity contribution in [2.75, 3.05) is 18.1 Å². The van der Waals surface area contributed by atoms with Crippen molar-refractivity contribution in [2.24, 2.45) is 0 Å². The lowest BCUT2D eigenvalue weighted by Gasteiger charge is -2.24. The number of amides is 1. The molecule has 2 aliphatic heterocycles. The molecule has 9 nitrogen and oxygen atoms in total. The van der Waals surface area contributed by atoms with Crippen molar-refractivity contribution in [3.8, 4) is 17.2 Å². The zero-order valence-corrected chi connectivity index (χ0v) is 24.0. The summed E-state index contributed by atoms with van der Waals surface area (Å²) in [5, 5.41) is 11.8. The van der Waals surface area contributed by atoms with Crippen molar-refractivity contribution in [1.82, 2.24) is 4.98 Å². The van der Waals surface area contributed by atoms with Crippen molar-refractivity contribution in [3.63, 3.8) is 0 Å². The highest BCUT2D eigenvalue weighted by Crippen LogP contribution is 2.46. The van der Waals surface area contributed by atoms with Crippen LogP contribution in [-0.2, 0) is 16.0 Å². The number of fused-ring (bicyclic) bond motifs is 1. The number of aliphatic hydroxyl groups excluding tert-OH is 1. The summed E-state index contributed by atoms with van der Waals surface area (Å²) in [7, 11) is 0. The minimum absolute atomic E-state index is 0.00426. The summed E-state index contributed by atoms with van der Waals surface area (Å²) < 4.78 is 17.4. The Hall–Kier alpha value is -4.44. The molecule has 1 fully saturated rings. The average molecular weight is 575 g/mol. The predicted octanol–water partition coefficient (Wildman–Crippen LogP) is 5.57. The van der Waals surface area contributed by atoms with Gasteiger partial charge in [-0.05, 0) is 62.2 Å². The number of thiazole rings is 1. The topological polar surface area (TPSA) is 115 Å². The quantitative estimate of drug-likeness (QED) is 0.116. The Morgan fingerprint density at radius 1 is 1.22 bits per heavy atom. The summed E-state index contributed by atoms with van der Waals surface area (Å²) in [6.45, 7) is 11.2. The third kappa shape index (κ3) is 5.11. The van der Waals surface area contributed by atoms with Gasteiger partial charge in [-0.3, -0.25) is 19.3 Å². The lowest BCUT2D eigenvalue weighted by Crippen LogP contribution is -2.29. The van der Waals surface area contributed by atoms with E-state index in [4.69, 9.17) is 14.2 Å². The number of hydrogen-bond donors (Lipinski definition) is 1. The molecule has 0 spiro atoms. The summed E-state index contributed by atoms with van der Waals surface area (Å²) in [4.78, 5) is 45.5. The van der Waals surface area contributed by atoms with E-state index < -0.39 is 17.7 Å². The van der Waals surface area contributed by atoms with E-state index in [0.29, 0.717) is 46.2 Å². The summed E-state index contributed by atoms with van der Waals surface area (Å²) in [5.74, 6) is -0.648. The van der Waals surface area contributed by atoms with Crippen LogP contribution in [0.5, 0.6) is 17.2 Å². The molecular weight excluding hydrogens is 544 g/mol. The molecule has 0 unspecified atom stereocenters. The SMILES string of the molecule is C=CCOc1ccc([C@@H]2C(=C(O)c3ccc4c(c3)C[C@H](C)O4)C(=O)C(=O)N2c2nc(C)c(C(C)=O)s2)cc1OCC. The van der Waals surface area contributed by atoms with Crippen LogP contribution in [0, 0.1) is 6.92 Å². The van der Waals surface area contributed by atoms with Crippen molar-refractivity contribution in [3.05, 3.63) is 81.9 Å². The molecule has 2 atom stereocenters. The van der Waals surface area contributed by atoms with Gasteiger partial charge < -0.3 is 19.3 Å². The fourth-order valence-corrected chi connectivity index (χ4v) is 6.10. The molecule has 2 aromatic carbocycles. The molecule has 10 heteroatoms. The summed E-state index contributed by atoms with van der Waals surface area (Å²) in [5.41, 5.74) is 2.14. The highest BCUT2D eigenvalue weighted by Gasteiger charge is 2.48. The minimum atomic E-state index is -1.04. The molecule has 0 saturated carbocycles. The lowest BCUT2D eigenvalue weighted by atomic mass is 9.94. The zero-order chi connectivity index (χ0) is 29.4. The standard InChI is InChI=1S/C31H30N2O7S/c1-6-12-39-23-11-8-19(15-24(23)38-7-2)26-25(27(35)20-9-10-22-21(14-20)13-16(3)40-22)28(36)30(37)33(26)31-32-17(4)29(41-31)18(5)34/h6,8-11,14-16,26,35H,1,7,12-13H2,2-5H3/t16-,26+/m0/s1. The Bertz CT molecular complexity index is 1610. The maximum absolute atomic E-state index is 13.6. The number of aryl methyl sites for hydroxylation is 1. The van der Waals surface area contributed by atoms with Crippen molar-refractivity contribution < 1.29 is 33.7 Å². The van der Waals surface area contributed by atoms with Crippen LogP contribution in [0.2, 0.25) is 0 Å². The maximum atomic E-state index is 13.6. The van der Waals surface area contributed by atoms with Gasteiger partial charge in [-0.15, -0.1) is 0 Å². The summed E-state index contributed by atoms with van der Waals surface area (Å²) >= 11 is 1.03. The van der Waals surface area contributed by atoms with Gasteiger partial charge in [0, 0.05) is 18.9 Å². The average Bonchev–Trinajstić information content (AvgIpc) is 3.59. The van der Waals surface area contributed by atoms with Gasteiger partial charge in [0.15, 0.2) is 22.4 Å². The molecule has 3 aromatic rings. The minimum Gasteiger partial charge on any atom is -0.507 e. The van der Waals surface area contributed by atoms with Crippen LogP contribution in [-0.4, -0.2) is 46.9 Å². The van der Waals surface area contributed by atoms with E-state index in [0.717, 1.165) is 22.6 Å². The second-order valence-electron chi connectivity index (χ2n) is 9.83. The van der Waals surface area contributed by atoms with Gasteiger partial charge in [0.2, 0.25) is 0 Å². The van der Waals surface area contributed by atoms with Gasteiger partial charge in [-0.2, -0.15) is 0 Å². The van der Waals surface area contributed by atoms with E-state index in [1.54, 1.807) is 49.4 Å². The molecule has 2 aliphatic rings. The van der Waals surface area contributed by atoms with E-state index in [1.807, 2.05) is 13.8 Å². The van der Waals surface area contributed by atoms with Gasteiger partial charge >= 0.3 is 5.91 Å². The van der Waals surface area contributed by atoms with Gasteiger partial charge in [-0.1, -0.05) is 30.1 Å². The van der Waals surface area contributed by atoms with E-state index in [2.05, 4.69) is 11.6 Å². The zero-order valence-electron chi connectivity index (χ0n) is 23.2. The molecular formula is C31H30N2O7S. The molecule has 3 heterocycles. The Morgan fingerprint density at radius 3 is 2.68 bits per heavy atom. The third-order valence-corrected chi connectivity index (χ3v) is 8.12. The number of rotatable bonds is 9. The molecule has 1 saturated heterocycles. The second kappa shape index (κ2) is 11.2. The smallest absolute Gasteiger partial charge is 0.301 e. The van der Waals surface area contributed by atoms with Crippen LogP contribution in [0.1, 0.15) is 58.9 Å². The molecule has 0 aliphatic carbocycles. The maximum Gasteiger partial charge on any atom is 0.301 e.